The highest BCUT2D eigenvalue weighted by atomic mass is 79.9. The molecule has 2 nitrogen and oxygen atoms in total. The molecule has 0 saturated carbocycles. The number of hydrogen-bond donors (Lipinski definition) is 0. The second-order valence-electron chi connectivity index (χ2n) is 3.96. The minimum Gasteiger partial charge on any atom is -0.462 e. The maximum absolute atomic E-state index is 11.6. The van der Waals surface area contributed by atoms with Gasteiger partial charge in [0.25, 0.3) is 0 Å². The molecule has 0 radical (unpaired) electrons. The molecule has 0 N–H and O–H groups in total. The number of rotatable bonds is 3. The Morgan fingerprint density at radius 1 is 1.47 bits per heavy atom. The molecular formula is C12H15BrO2. The largest absolute Gasteiger partial charge is 0.462 e. The molecular weight excluding hydrogens is 256 g/mol. The summed E-state index contributed by atoms with van der Waals surface area (Å²) in [6.45, 7) is 6.44. The summed E-state index contributed by atoms with van der Waals surface area (Å²) in [7, 11) is 0. The van der Waals surface area contributed by atoms with Crippen molar-refractivity contribution in [3.05, 3.63) is 33.8 Å². The molecule has 0 bridgehead atoms. The van der Waals surface area contributed by atoms with Gasteiger partial charge in [0.05, 0.1) is 12.2 Å². The molecule has 3 heteroatoms. The van der Waals surface area contributed by atoms with E-state index >= 15 is 0 Å². The van der Waals surface area contributed by atoms with Gasteiger partial charge in [-0.3, -0.25) is 0 Å². The van der Waals surface area contributed by atoms with Crippen molar-refractivity contribution in [2.75, 3.05) is 6.61 Å². The van der Waals surface area contributed by atoms with Gasteiger partial charge in [-0.2, -0.15) is 0 Å². The van der Waals surface area contributed by atoms with Crippen LogP contribution in [0.15, 0.2) is 22.7 Å². The Morgan fingerprint density at radius 2 is 2.13 bits per heavy atom. The summed E-state index contributed by atoms with van der Waals surface area (Å²) in [5, 5.41) is 0. The van der Waals surface area contributed by atoms with E-state index in [0.717, 1.165) is 10.0 Å². The predicted molar refractivity (Wildman–Crippen MR) is 64.0 cm³/mol. The van der Waals surface area contributed by atoms with Gasteiger partial charge < -0.3 is 4.74 Å². The summed E-state index contributed by atoms with van der Waals surface area (Å²) in [6, 6.07) is 5.45. The second-order valence-corrected chi connectivity index (χ2v) is 4.81. The van der Waals surface area contributed by atoms with Gasteiger partial charge in [0, 0.05) is 4.47 Å². The molecule has 0 unspecified atom stereocenters. The zero-order chi connectivity index (χ0) is 11.4. The molecule has 1 aromatic carbocycles. The molecule has 82 valence electrons. The summed E-state index contributed by atoms with van der Waals surface area (Å²) in [4.78, 5) is 11.6. The highest BCUT2D eigenvalue weighted by Crippen LogP contribution is 2.17. The molecule has 0 saturated heterocycles. The van der Waals surface area contributed by atoms with E-state index in [4.69, 9.17) is 4.74 Å². The molecule has 0 heterocycles. The minimum atomic E-state index is -0.251. The quantitative estimate of drug-likeness (QED) is 0.785. The number of aryl methyl sites for hydroxylation is 1. The standard InChI is InChI=1S/C12H15BrO2/c1-8(2)7-15-12(14)10-4-5-11(13)9(3)6-10/h4-6,8H,7H2,1-3H3. The highest BCUT2D eigenvalue weighted by Gasteiger charge is 2.08. The third kappa shape index (κ3) is 3.67. The molecule has 15 heavy (non-hydrogen) atoms. The molecule has 0 atom stereocenters. The van der Waals surface area contributed by atoms with Crippen LogP contribution >= 0.6 is 15.9 Å². The first-order valence-corrected chi connectivity index (χ1v) is 5.73. The van der Waals surface area contributed by atoms with Gasteiger partial charge in [-0.1, -0.05) is 29.8 Å². The normalized spacial score (nSPS) is 10.5. The van der Waals surface area contributed by atoms with E-state index in [0.29, 0.717) is 18.1 Å². The summed E-state index contributed by atoms with van der Waals surface area (Å²) in [6.07, 6.45) is 0. The Kier molecular flexibility index (Phi) is 4.33. The van der Waals surface area contributed by atoms with Crippen molar-refractivity contribution in [2.24, 2.45) is 5.92 Å². The number of carbonyl (C=O) groups is 1. The van der Waals surface area contributed by atoms with Crippen LogP contribution in [0.5, 0.6) is 0 Å². The lowest BCUT2D eigenvalue weighted by atomic mass is 10.1. The zero-order valence-corrected chi connectivity index (χ0v) is 10.8. The summed E-state index contributed by atoms with van der Waals surface area (Å²) in [5.41, 5.74) is 1.64. The first-order valence-electron chi connectivity index (χ1n) is 4.94. The van der Waals surface area contributed by atoms with Crippen molar-refractivity contribution in [3.63, 3.8) is 0 Å². The average Bonchev–Trinajstić information content (AvgIpc) is 2.18. The van der Waals surface area contributed by atoms with E-state index in [9.17, 15) is 4.79 Å². The molecule has 0 aliphatic heterocycles. The first kappa shape index (κ1) is 12.2. The molecule has 1 rings (SSSR count). The number of hydrogen-bond acceptors (Lipinski definition) is 2. The maximum atomic E-state index is 11.6. The Labute approximate surface area is 98.8 Å². The van der Waals surface area contributed by atoms with Gasteiger partial charge in [-0.15, -0.1) is 0 Å². The van der Waals surface area contributed by atoms with Gasteiger partial charge >= 0.3 is 5.97 Å². The number of ether oxygens (including phenoxy) is 1. The number of esters is 1. The van der Waals surface area contributed by atoms with Crippen LogP contribution in [-0.2, 0) is 4.74 Å². The van der Waals surface area contributed by atoms with Crippen molar-refractivity contribution in [3.8, 4) is 0 Å². The Morgan fingerprint density at radius 3 is 2.67 bits per heavy atom. The summed E-state index contributed by atoms with van der Waals surface area (Å²) in [5.74, 6) is 0.116. The van der Waals surface area contributed by atoms with E-state index in [1.165, 1.54) is 0 Å². The fraction of sp³-hybridized carbons (Fsp3) is 0.417. The van der Waals surface area contributed by atoms with E-state index < -0.39 is 0 Å². The van der Waals surface area contributed by atoms with Crippen LogP contribution in [-0.4, -0.2) is 12.6 Å². The minimum absolute atomic E-state index is 0.251. The summed E-state index contributed by atoms with van der Waals surface area (Å²) >= 11 is 3.39. The lowest BCUT2D eigenvalue weighted by Crippen LogP contribution is -2.10. The van der Waals surface area contributed by atoms with Crippen molar-refractivity contribution in [1.29, 1.82) is 0 Å². The summed E-state index contributed by atoms with van der Waals surface area (Å²) < 4.78 is 6.13. The third-order valence-electron chi connectivity index (χ3n) is 1.94. The molecule has 0 aliphatic rings. The van der Waals surface area contributed by atoms with Gasteiger partial charge in [0.2, 0.25) is 0 Å². The van der Waals surface area contributed by atoms with E-state index in [2.05, 4.69) is 15.9 Å². The third-order valence-corrected chi connectivity index (χ3v) is 2.83. The van der Waals surface area contributed by atoms with Gasteiger partial charge in [0.1, 0.15) is 0 Å². The SMILES string of the molecule is Cc1cc(C(=O)OCC(C)C)ccc1Br. The van der Waals surface area contributed by atoms with Crippen molar-refractivity contribution < 1.29 is 9.53 Å². The molecule has 1 aromatic rings. The topological polar surface area (TPSA) is 26.3 Å². The van der Waals surface area contributed by atoms with Crippen LogP contribution in [0.25, 0.3) is 0 Å². The van der Waals surface area contributed by atoms with Crippen molar-refractivity contribution in [2.45, 2.75) is 20.8 Å². The zero-order valence-electron chi connectivity index (χ0n) is 9.21. The molecule has 0 spiro atoms. The number of halogens is 1. The van der Waals surface area contributed by atoms with Crippen molar-refractivity contribution in [1.82, 2.24) is 0 Å². The van der Waals surface area contributed by atoms with Crippen LogP contribution in [0, 0.1) is 12.8 Å². The number of carbonyl (C=O) groups excluding carboxylic acids is 1. The van der Waals surface area contributed by atoms with Crippen LogP contribution in [0.3, 0.4) is 0 Å². The fourth-order valence-electron chi connectivity index (χ4n) is 1.10. The van der Waals surface area contributed by atoms with E-state index in [1.54, 1.807) is 6.07 Å². The smallest absolute Gasteiger partial charge is 0.338 e. The first-order chi connectivity index (χ1) is 7.00. The fourth-order valence-corrected chi connectivity index (χ4v) is 1.34. The molecule has 0 aromatic heterocycles. The Bertz CT molecular complexity index is 359. The van der Waals surface area contributed by atoms with E-state index in [-0.39, 0.29) is 5.97 Å². The number of benzene rings is 1. The van der Waals surface area contributed by atoms with Crippen LogP contribution < -0.4 is 0 Å². The van der Waals surface area contributed by atoms with Crippen LogP contribution in [0.1, 0.15) is 29.8 Å². The highest BCUT2D eigenvalue weighted by molar-refractivity contribution is 9.10. The average molecular weight is 271 g/mol. The Balaban J connectivity index is 2.70. The van der Waals surface area contributed by atoms with Crippen molar-refractivity contribution >= 4 is 21.9 Å². The Hall–Kier alpha value is -0.830. The maximum Gasteiger partial charge on any atom is 0.338 e. The lowest BCUT2D eigenvalue weighted by molar-refractivity contribution is 0.0459. The van der Waals surface area contributed by atoms with Crippen LogP contribution in [0.2, 0.25) is 0 Å². The van der Waals surface area contributed by atoms with Gasteiger partial charge in [-0.25, -0.2) is 4.79 Å². The van der Waals surface area contributed by atoms with E-state index in [1.807, 2.05) is 32.9 Å². The lowest BCUT2D eigenvalue weighted by Gasteiger charge is -2.07. The predicted octanol–water partition coefficient (Wildman–Crippen LogP) is 3.57. The molecule has 0 amide bonds. The van der Waals surface area contributed by atoms with Gasteiger partial charge in [-0.05, 0) is 36.6 Å². The van der Waals surface area contributed by atoms with Crippen LogP contribution in [0.4, 0.5) is 0 Å². The second kappa shape index (κ2) is 5.31. The molecule has 0 aliphatic carbocycles. The van der Waals surface area contributed by atoms with Gasteiger partial charge in [0.15, 0.2) is 0 Å². The molecule has 0 fully saturated rings. The monoisotopic (exact) mass is 270 g/mol.